The second-order valence-electron chi connectivity index (χ2n) is 7.21. The van der Waals surface area contributed by atoms with Crippen LogP contribution >= 0.6 is 0 Å². The summed E-state index contributed by atoms with van der Waals surface area (Å²) in [6, 6.07) is 17.7. The monoisotopic (exact) mass is 360 g/mol. The van der Waals surface area contributed by atoms with E-state index in [0.717, 1.165) is 16.9 Å². The highest BCUT2D eigenvalue weighted by molar-refractivity contribution is 5.79. The van der Waals surface area contributed by atoms with Crippen LogP contribution in [-0.4, -0.2) is 18.7 Å². The fraction of sp³-hybridized carbons (Fsp3) is 0.261. The molecule has 2 heterocycles. The van der Waals surface area contributed by atoms with Gasteiger partial charge in [0.05, 0.1) is 18.8 Å². The molecular formula is C23H20O4. The van der Waals surface area contributed by atoms with Crippen molar-refractivity contribution < 1.29 is 19.0 Å². The average molecular weight is 360 g/mol. The van der Waals surface area contributed by atoms with Crippen molar-refractivity contribution in [1.82, 2.24) is 0 Å². The molecule has 0 N–H and O–H groups in total. The second kappa shape index (κ2) is 6.31. The number of ether oxygens (including phenoxy) is 3. The fourth-order valence-corrected chi connectivity index (χ4v) is 4.54. The molecule has 136 valence electrons. The summed E-state index contributed by atoms with van der Waals surface area (Å²) in [5.74, 6) is 0.237. The van der Waals surface area contributed by atoms with Gasteiger partial charge in [0.2, 0.25) is 0 Å². The number of allylic oxidation sites excluding steroid dienone is 1. The van der Waals surface area contributed by atoms with Gasteiger partial charge in [-0.2, -0.15) is 0 Å². The molecule has 0 amide bonds. The summed E-state index contributed by atoms with van der Waals surface area (Å²) in [4.78, 5) is 13.1. The van der Waals surface area contributed by atoms with E-state index in [1.165, 1.54) is 0 Å². The van der Waals surface area contributed by atoms with Crippen LogP contribution < -0.4 is 4.74 Å². The molecule has 1 aliphatic carbocycles. The molecule has 3 aliphatic rings. The van der Waals surface area contributed by atoms with Gasteiger partial charge in [0, 0.05) is 16.9 Å². The number of fused-ring (bicyclic) bond motifs is 1. The number of hydrogen-bond acceptors (Lipinski definition) is 4. The van der Waals surface area contributed by atoms with Gasteiger partial charge in [-0.15, -0.1) is 0 Å². The normalized spacial score (nSPS) is 29.7. The molecule has 0 saturated carbocycles. The Bertz CT molecular complexity index is 917. The molecule has 0 fully saturated rings. The zero-order chi connectivity index (χ0) is 18.3. The van der Waals surface area contributed by atoms with Gasteiger partial charge in [-0.1, -0.05) is 54.6 Å². The zero-order valence-corrected chi connectivity index (χ0v) is 14.8. The van der Waals surface area contributed by atoms with Crippen LogP contribution in [0.3, 0.4) is 0 Å². The van der Waals surface area contributed by atoms with E-state index in [9.17, 15) is 4.79 Å². The van der Waals surface area contributed by atoms with Crippen LogP contribution in [0, 0.1) is 11.8 Å². The summed E-state index contributed by atoms with van der Waals surface area (Å²) in [5.41, 5.74) is 1.50. The minimum Gasteiger partial charge on any atom is -0.494 e. The third-order valence-electron chi connectivity index (χ3n) is 5.85. The topological polar surface area (TPSA) is 44.8 Å². The van der Waals surface area contributed by atoms with Crippen molar-refractivity contribution in [3.05, 3.63) is 90.2 Å². The van der Waals surface area contributed by atoms with Crippen molar-refractivity contribution in [2.75, 3.05) is 6.61 Å². The van der Waals surface area contributed by atoms with Crippen LogP contribution in [0.1, 0.15) is 11.1 Å². The summed E-state index contributed by atoms with van der Waals surface area (Å²) < 4.78 is 17.5. The number of benzene rings is 2. The Morgan fingerprint density at radius 3 is 2.78 bits per heavy atom. The van der Waals surface area contributed by atoms with Crippen LogP contribution in [-0.2, 0) is 26.3 Å². The summed E-state index contributed by atoms with van der Waals surface area (Å²) in [6.07, 6.45) is 7.57. The number of hydrogen-bond donors (Lipinski definition) is 0. The summed E-state index contributed by atoms with van der Waals surface area (Å²) >= 11 is 0. The number of rotatable bonds is 3. The van der Waals surface area contributed by atoms with E-state index in [1.807, 2.05) is 72.8 Å². The first kappa shape index (κ1) is 16.2. The summed E-state index contributed by atoms with van der Waals surface area (Å²) in [6.45, 7) is 0.783. The van der Waals surface area contributed by atoms with E-state index >= 15 is 0 Å². The van der Waals surface area contributed by atoms with Crippen molar-refractivity contribution in [3.63, 3.8) is 0 Å². The molecule has 4 nitrogen and oxygen atoms in total. The van der Waals surface area contributed by atoms with Crippen LogP contribution in [0.4, 0.5) is 0 Å². The average Bonchev–Trinajstić information content (AvgIpc) is 2.72. The molecule has 0 saturated heterocycles. The molecule has 27 heavy (non-hydrogen) atoms. The molecule has 2 aromatic carbocycles. The highest BCUT2D eigenvalue weighted by Gasteiger charge is 2.57. The zero-order valence-electron chi connectivity index (χ0n) is 14.8. The third-order valence-corrected chi connectivity index (χ3v) is 5.85. The van der Waals surface area contributed by atoms with Crippen molar-refractivity contribution >= 4 is 5.97 Å². The standard InChI is InChI=1S/C23H20O4/c24-22(27-14-16-6-2-1-3-7-16)18-10-11-21-19-15-26-20-9-5-4-8-17(20)23(18,19)12-13-25-21/h1-13,18-19,21H,14-15H2. The van der Waals surface area contributed by atoms with Crippen LogP contribution in [0.25, 0.3) is 0 Å². The maximum atomic E-state index is 13.1. The predicted octanol–water partition coefficient (Wildman–Crippen LogP) is 3.77. The first-order valence-corrected chi connectivity index (χ1v) is 9.23. The lowest BCUT2D eigenvalue weighted by Crippen LogP contribution is -2.56. The van der Waals surface area contributed by atoms with E-state index in [-0.39, 0.29) is 24.6 Å². The minimum atomic E-state index is -0.500. The molecule has 2 aromatic rings. The summed E-state index contributed by atoms with van der Waals surface area (Å²) in [5, 5.41) is 0. The van der Waals surface area contributed by atoms with Crippen LogP contribution in [0.5, 0.6) is 5.75 Å². The van der Waals surface area contributed by atoms with Gasteiger partial charge in [-0.05, 0) is 23.8 Å². The molecule has 2 bridgehead atoms. The van der Waals surface area contributed by atoms with Gasteiger partial charge in [-0.3, -0.25) is 4.79 Å². The van der Waals surface area contributed by atoms with Crippen molar-refractivity contribution in [1.29, 1.82) is 0 Å². The maximum absolute atomic E-state index is 13.1. The smallest absolute Gasteiger partial charge is 0.314 e. The van der Waals surface area contributed by atoms with E-state index < -0.39 is 11.3 Å². The van der Waals surface area contributed by atoms with Gasteiger partial charge in [-0.25, -0.2) is 0 Å². The second-order valence-corrected chi connectivity index (χ2v) is 7.21. The van der Waals surface area contributed by atoms with E-state index in [0.29, 0.717) is 6.61 Å². The molecular weight excluding hydrogens is 340 g/mol. The molecule has 5 rings (SSSR count). The van der Waals surface area contributed by atoms with Crippen molar-refractivity contribution in [2.45, 2.75) is 18.1 Å². The molecule has 4 atom stereocenters. The van der Waals surface area contributed by atoms with Crippen molar-refractivity contribution in [3.8, 4) is 5.75 Å². The van der Waals surface area contributed by atoms with Crippen molar-refractivity contribution in [2.24, 2.45) is 11.8 Å². The number of para-hydroxylation sites is 1. The quantitative estimate of drug-likeness (QED) is 0.617. The SMILES string of the molecule is O=C(OCc1ccccc1)C1C=CC2OC=CC13c1ccccc1OCC23. The highest BCUT2D eigenvalue weighted by atomic mass is 16.5. The molecule has 0 radical (unpaired) electrons. The number of esters is 1. The summed E-state index contributed by atoms with van der Waals surface area (Å²) in [7, 11) is 0. The lowest BCUT2D eigenvalue weighted by molar-refractivity contribution is -0.153. The van der Waals surface area contributed by atoms with E-state index in [2.05, 4.69) is 0 Å². The first-order valence-electron chi connectivity index (χ1n) is 9.23. The maximum Gasteiger partial charge on any atom is 0.314 e. The molecule has 4 unspecified atom stereocenters. The Balaban J connectivity index is 1.52. The largest absolute Gasteiger partial charge is 0.494 e. The predicted molar refractivity (Wildman–Crippen MR) is 100.0 cm³/mol. The molecule has 4 heteroatoms. The van der Waals surface area contributed by atoms with E-state index in [1.54, 1.807) is 6.26 Å². The minimum absolute atomic E-state index is 0.0386. The Morgan fingerprint density at radius 2 is 1.89 bits per heavy atom. The number of carbonyl (C=O) groups excluding carboxylic acids is 1. The van der Waals surface area contributed by atoms with Gasteiger partial charge in [0.15, 0.2) is 0 Å². The van der Waals surface area contributed by atoms with Crippen LogP contribution in [0.15, 0.2) is 79.1 Å². The fourth-order valence-electron chi connectivity index (χ4n) is 4.54. The Morgan fingerprint density at radius 1 is 1.07 bits per heavy atom. The first-order chi connectivity index (χ1) is 13.3. The Labute approximate surface area is 158 Å². The molecule has 0 spiro atoms. The molecule has 2 aliphatic heterocycles. The third kappa shape index (κ3) is 2.47. The highest BCUT2D eigenvalue weighted by Crippen LogP contribution is 2.54. The number of carbonyl (C=O) groups is 1. The van der Waals surface area contributed by atoms with Gasteiger partial charge in [0.1, 0.15) is 18.5 Å². The van der Waals surface area contributed by atoms with E-state index in [4.69, 9.17) is 14.2 Å². The Kier molecular flexibility index (Phi) is 3.78. The van der Waals surface area contributed by atoms with Gasteiger partial charge in [0.25, 0.3) is 0 Å². The Hall–Kier alpha value is -3.01. The van der Waals surface area contributed by atoms with Gasteiger partial charge >= 0.3 is 5.97 Å². The van der Waals surface area contributed by atoms with Gasteiger partial charge < -0.3 is 14.2 Å². The van der Waals surface area contributed by atoms with Crippen LogP contribution in [0.2, 0.25) is 0 Å². The lowest BCUT2D eigenvalue weighted by atomic mass is 9.56. The molecule has 0 aromatic heterocycles. The lowest BCUT2D eigenvalue weighted by Gasteiger charge is -2.52.